The van der Waals surface area contributed by atoms with E-state index in [4.69, 9.17) is 4.74 Å². The minimum absolute atomic E-state index is 0.336. The van der Waals surface area contributed by atoms with Crippen LogP contribution in [-0.4, -0.2) is 18.3 Å². The summed E-state index contributed by atoms with van der Waals surface area (Å²) in [6.45, 7) is 0.982. The van der Waals surface area contributed by atoms with Gasteiger partial charge in [0, 0.05) is 31.6 Å². The van der Waals surface area contributed by atoms with Crippen LogP contribution in [0, 0.1) is 5.82 Å². The van der Waals surface area contributed by atoms with E-state index in [1.807, 2.05) is 0 Å². The van der Waals surface area contributed by atoms with E-state index < -0.39 is 5.60 Å². The van der Waals surface area contributed by atoms with Crippen molar-refractivity contribution < 1.29 is 14.2 Å². The molecule has 0 bridgehead atoms. The summed E-state index contributed by atoms with van der Waals surface area (Å²) in [6, 6.07) is 6.39. The summed E-state index contributed by atoms with van der Waals surface area (Å²) in [5.41, 5.74) is -0.646. The van der Waals surface area contributed by atoms with E-state index in [9.17, 15) is 9.50 Å². The van der Waals surface area contributed by atoms with Crippen molar-refractivity contribution in [2.75, 3.05) is 13.2 Å². The molecule has 0 unspecified atom stereocenters. The number of halogens is 1. The average Bonchev–Trinajstić information content (AvgIpc) is 2.19. The highest BCUT2D eigenvalue weighted by molar-refractivity contribution is 5.24. The van der Waals surface area contributed by atoms with Gasteiger partial charge in [-0.1, -0.05) is 18.2 Å². The maximum atomic E-state index is 13.4. The first kappa shape index (κ1) is 9.62. The molecule has 14 heavy (non-hydrogen) atoms. The summed E-state index contributed by atoms with van der Waals surface area (Å²) in [5.74, 6) is -0.336. The Morgan fingerprint density at radius 1 is 1.21 bits per heavy atom. The monoisotopic (exact) mass is 196 g/mol. The summed E-state index contributed by atoms with van der Waals surface area (Å²) in [4.78, 5) is 0. The molecule has 0 atom stereocenters. The second-order valence-electron chi connectivity index (χ2n) is 3.62. The van der Waals surface area contributed by atoms with Crippen LogP contribution in [0.2, 0.25) is 0 Å². The van der Waals surface area contributed by atoms with Gasteiger partial charge >= 0.3 is 0 Å². The van der Waals surface area contributed by atoms with Gasteiger partial charge in [0.2, 0.25) is 0 Å². The van der Waals surface area contributed by atoms with Crippen LogP contribution in [0.25, 0.3) is 0 Å². The van der Waals surface area contributed by atoms with Crippen LogP contribution in [0.3, 0.4) is 0 Å². The molecular weight excluding hydrogens is 183 g/mol. The lowest BCUT2D eigenvalue weighted by molar-refractivity contribution is -0.0697. The zero-order chi connectivity index (χ0) is 10.0. The Bertz CT molecular complexity index is 319. The molecule has 1 saturated heterocycles. The minimum Gasteiger partial charge on any atom is -0.385 e. The number of hydrogen-bond acceptors (Lipinski definition) is 2. The van der Waals surface area contributed by atoms with Crippen molar-refractivity contribution in [3.05, 3.63) is 35.6 Å². The standard InChI is InChI=1S/C11H13FO2/c12-10-4-2-1-3-9(10)11(13)5-7-14-8-6-11/h1-4,13H,5-8H2. The zero-order valence-corrected chi connectivity index (χ0v) is 7.87. The van der Waals surface area contributed by atoms with Crippen molar-refractivity contribution in [2.45, 2.75) is 18.4 Å². The summed E-state index contributed by atoms with van der Waals surface area (Å²) in [6.07, 6.45) is 0.932. The molecule has 76 valence electrons. The van der Waals surface area contributed by atoms with E-state index in [1.165, 1.54) is 6.07 Å². The van der Waals surface area contributed by atoms with Crippen molar-refractivity contribution in [3.8, 4) is 0 Å². The second kappa shape index (κ2) is 3.67. The molecule has 1 aliphatic rings. The lowest BCUT2D eigenvalue weighted by Crippen LogP contribution is -2.34. The van der Waals surface area contributed by atoms with Crippen molar-refractivity contribution in [2.24, 2.45) is 0 Å². The predicted molar refractivity (Wildman–Crippen MR) is 50.3 cm³/mol. The lowest BCUT2D eigenvalue weighted by Gasteiger charge is -2.32. The second-order valence-corrected chi connectivity index (χ2v) is 3.62. The van der Waals surface area contributed by atoms with Gasteiger partial charge in [-0.25, -0.2) is 4.39 Å². The van der Waals surface area contributed by atoms with Crippen molar-refractivity contribution in [1.29, 1.82) is 0 Å². The molecule has 0 saturated carbocycles. The van der Waals surface area contributed by atoms with Crippen LogP contribution >= 0.6 is 0 Å². The van der Waals surface area contributed by atoms with Gasteiger partial charge in [0.05, 0.1) is 5.60 Å². The van der Waals surface area contributed by atoms with Crippen LogP contribution in [0.4, 0.5) is 4.39 Å². The van der Waals surface area contributed by atoms with Gasteiger partial charge < -0.3 is 9.84 Å². The molecule has 1 N–H and O–H groups in total. The third-order valence-corrected chi connectivity index (χ3v) is 2.70. The van der Waals surface area contributed by atoms with E-state index in [0.717, 1.165) is 0 Å². The Balaban J connectivity index is 2.32. The van der Waals surface area contributed by atoms with Crippen LogP contribution in [0.15, 0.2) is 24.3 Å². The van der Waals surface area contributed by atoms with Gasteiger partial charge in [0.1, 0.15) is 5.82 Å². The van der Waals surface area contributed by atoms with E-state index in [1.54, 1.807) is 18.2 Å². The van der Waals surface area contributed by atoms with Gasteiger partial charge in [-0.05, 0) is 6.07 Å². The smallest absolute Gasteiger partial charge is 0.129 e. The molecule has 1 aromatic rings. The van der Waals surface area contributed by atoms with Gasteiger partial charge in [0.25, 0.3) is 0 Å². The lowest BCUT2D eigenvalue weighted by atomic mass is 9.86. The first-order valence-electron chi connectivity index (χ1n) is 4.77. The Hall–Kier alpha value is -0.930. The molecule has 0 radical (unpaired) electrons. The number of rotatable bonds is 1. The fourth-order valence-corrected chi connectivity index (χ4v) is 1.82. The van der Waals surface area contributed by atoms with Crippen LogP contribution in [0.5, 0.6) is 0 Å². The average molecular weight is 196 g/mol. The minimum atomic E-state index is -1.04. The number of benzene rings is 1. The summed E-state index contributed by atoms with van der Waals surface area (Å²) < 4.78 is 18.6. The Morgan fingerprint density at radius 3 is 2.50 bits per heavy atom. The molecule has 0 amide bonds. The maximum absolute atomic E-state index is 13.4. The molecule has 1 heterocycles. The third kappa shape index (κ3) is 1.65. The summed E-state index contributed by atoms with van der Waals surface area (Å²) in [7, 11) is 0. The molecule has 1 aliphatic heterocycles. The highest BCUT2D eigenvalue weighted by Gasteiger charge is 2.33. The van der Waals surface area contributed by atoms with Gasteiger partial charge in [-0.15, -0.1) is 0 Å². The van der Waals surface area contributed by atoms with Gasteiger partial charge in [-0.2, -0.15) is 0 Å². The summed E-state index contributed by atoms with van der Waals surface area (Å²) in [5, 5.41) is 10.2. The van der Waals surface area contributed by atoms with E-state index in [0.29, 0.717) is 31.6 Å². The Labute approximate surface area is 82.3 Å². The summed E-state index contributed by atoms with van der Waals surface area (Å²) >= 11 is 0. The molecule has 3 heteroatoms. The molecule has 2 nitrogen and oxygen atoms in total. The third-order valence-electron chi connectivity index (χ3n) is 2.70. The normalized spacial score (nSPS) is 20.7. The molecular formula is C11H13FO2. The Morgan fingerprint density at radius 2 is 1.86 bits per heavy atom. The van der Waals surface area contributed by atoms with Crippen molar-refractivity contribution >= 4 is 0 Å². The van der Waals surface area contributed by atoms with Crippen LogP contribution in [-0.2, 0) is 10.3 Å². The number of aliphatic hydroxyl groups is 1. The van der Waals surface area contributed by atoms with Crippen LogP contribution in [0.1, 0.15) is 18.4 Å². The highest BCUT2D eigenvalue weighted by Crippen LogP contribution is 2.33. The predicted octanol–water partition coefficient (Wildman–Crippen LogP) is 1.82. The first-order chi connectivity index (χ1) is 6.72. The van der Waals surface area contributed by atoms with E-state index >= 15 is 0 Å². The van der Waals surface area contributed by atoms with E-state index in [2.05, 4.69) is 0 Å². The fraction of sp³-hybridized carbons (Fsp3) is 0.455. The quantitative estimate of drug-likeness (QED) is 0.742. The maximum Gasteiger partial charge on any atom is 0.129 e. The molecule has 0 aromatic heterocycles. The SMILES string of the molecule is OC1(c2ccccc2F)CCOCC1. The Kier molecular flexibility index (Phi) is 2.52. The first-order valence-corrected chi connectivity index (χ1v) is 4.77. The zero-order valence-electron chi connectivity index (χ0n) is 7.87. The van der Waals surface area contributed by atoms with E-state index in [-0.39, 0.29) is 5.82 Å². The number of hydrogen-bond donors (Lipinski definition) is 1. The van der Waals surface area contributed by atoms with Gasteiger partial charge in [-0.3, -0.25) is 0 Å². The molecule has 1 aromatic carbocycles. The largest absolute Gasteiger partial charge is 0.385 e. The molecule has 1 fully saturated rings. The fourth-order valence-electron chi connectivity index (χ4n) is 1.82. The topological polar surface area (TPSA) is 29.5 Å². The molecule has 0 spiro atoms. The van der Waals surface area contributed by atoms with Crippen molar-refractivity contribution in [1.82, 2.24) is 0 Å². The molecule has 0 aliphatic carbocycles. The van der Waals surface area contributed by atoms with Crippen LogP contribution < -0.4 is 0 Å². The van der Waals surface area contributed by atoms with Crippen molar-refractivity contribution in [3.63, 3.8) is 0 Å². The number of ether oxygens (including phenoxy) is 1. The molecule has 2 rings (SSSR count). The highest BCUT2D eigenvalue weighted by atomic mass is 19.1. The van der Waals surface area contributed by atoms with Gasteiger partial charge in [0.15, 0.2) is 0 Å².